The number of phenols is 1. The molecule has 1 saturated heterocycles. The maximum Gasteiger partial charge on any atom is 0.330 e. The molecule has 3 amide bonds. The number of amides is 3. The van der Waals surface area contributed by atoms with E-state index in [0.29, 0.717) is 12.1 Å². The van der Waals surface area contributed by atoms with Crippen LogP contribution in [0.3, 0.4) is 0 Å². The first kappa shape index (κ1) is 17.7. The Hall–Kier alpha value is -2.61. The third kappa shape index (κ3) is 3.33. The number of phenolic OH excluding ortho intramolecular Hbond substituents is 1. The Morgan fingerprint density at radius 1 is 1.29 bits per heavy atom. The number of hydrogen-bond donors (Lipinski definition) is 1. The summed E-state index contributed by atoms with van der Waals surface area (Å²) in [6, 6.07) is 4.19. The second-order valence-electron chi connectivity index (χ2n) is 5.10. The molecule has 1 fully saturated rings. The van der Waals surface area contributed by atoms with Crippen molar-refractivity contribution in [1.82, 2.24) is 14.9 Å². The molecule has 8 nitrogen and oxygen atoms in total. The van der Waals surface area contributed by atoms with Crippen molar-refractivity contribution in [3.8, 4) is 5.75 Å². The Labute approximate surface area is 143 Å². The highest BCUT2D eigenvalue weighted by Gasteiger charge is 2.39. The fraction of sp³-hybridized carbons (Fsp3) is 0.333. The molecule has 2 rings (SSSR count). The second kappa shape index (κ2) is 7.31. The van der Waals surface area contributed by atoms with Gasteiger partial charge in [0, 0.05) is 13.1 Å². The van der Waals surface area contributed by atoms with Gasteiger partial charge in [-0.3, -0.25) is 19.2 Å². The first-order valence-electron chi connectivity index (χ1n) is 7.23. The van der Waals surface area contributed by atoms with Gasteiger partial charge >= 0.3 is 11.8 Å². The smallest absolute Gasteiger partial charge is 0.330 e. The van der Waals surface area contributed by atoms with Gasteiger partial charge in [0.15, 0.2) is 6.04 Å². The van der Waals surface area contributed by atoms with E-state index in [0.717, 1.165) is 10.0 Å². The van der Waals surface area contributed by atoms with Crippen molar-refractivity contribution in [2.24, 2.45) is 0 Å². The van der Waals surface area contributed by atoms with Crippen LogP contribution in [0.5, 0.6) is 5.75 Å². The highest BCUT2D eigenvalue weighted by atomic mass is 35.5. The van der Waals surface area contributed by atoms with Crippen LogP contribution in [0, 0.1) is 0 Å². The Morgan fingerprint density at radius 2 is 1.92 bits per heavy atom. The minimum Gasteiger partial charge on any atom is -0.508 e. The average molecular weight is 354 g/mol. The number of hydrogen-bond acceptors (Lipinski definition) is 5. The fourth-order valence-corrected chi connectivity index (χ4v) is 2.71. The van der Waals surface area contributed by atoms with Crippen LogP contribution < -0.4 is 0 Å². The number of carbonyl (C=O) groups excluding carboxylic acids is 4. The van der Waals surface area contributed by atoms with Gasteiger partial charge in [-0.05, 0) is 36.2 Å². The topological polar surface area (TPSA) is 98.2 Å². The van der Waals surface area contributed by atoms with Crippen LogP contribution >= 0.6 is 11.6 Å². The lowest BCUT2D eigenvalue weighted by atomic mass is 10.1. The van der Waals surface area contributed by atoms with E-state index in [-0.39, 0.29) is 25.2 Å². The molecule has 0 radical (unpaired) electrons. The van der Waals surface area contributed by atoms with Crippen molar-refractivity contribution in [2.45, 2.75) is 13.0 Å². The number of nitrogens with zero attached hydrogens (tertiary/aromatic N) is 3. The normalized spacial score (nSPS) is 16.1. The zero-order valence-electron chi connectivity index (χ0n) is 12.9. The van der Waals surface area contributed by atoms with Gasteiger partial charge in [0.05, 0.1) is 6.54 Å². The number of halogens is 1. The van der Waals surface area contributed by atoms with Crippen LogP contribution in [0.4, 0.5) is 0 Å². The van der Waals surface area contributed by atoms with Crippen molar-refractivity contribution < 1.29 is 24.3 Å². The Balaban J connectivity index is 2.35. The van der Waals surface area contributed by atoms with E-state index in [9.17, 15) is 24.3 Å². The predicted molar refractivity (Wildman–Crippen MR) is 83.6 cm³/mol. The molecule has 0 bridgehead atoms. The van der Waals surface area contributed by atoms with E-state index < -0.39 is 23.1 Å². The molecular weight excluding hydrogens is 338 g/mol. The van der Waals surface area contributed by atoms with Gasteiger partial charge in [-0.1, -0.05) is 12.1 Å². The second-order valence-corrected chi connectivity index (χ2v) is 5.47. The van der Waals surface area contributed by atoms with Crippen molar-refractivity contribution in [3.05, 3.63) is 29.8 Å². The maximum absolute atomic E-state index is 12.2. The average Bonchev–Trinajstić information content (AvgIpc) is 2.56. The van der Waals surface area contributed by atoms with Crippen LogP contribution in [-0.4, -0.2) is 63.1 Å². The number of rotatable bonds is 6. The van der Waals surface area contributed by atoms with E-state index in [2.05, 4.69) is 0 Å². The zero-order valence-corrected chi connectivity index (χ0v) is 13.6. The largest absolute Gasteiger partial charge is 0.508 e. The molecule has 1 atom stereocenters. The third-order valence-electron chi connectivity index (χ3n) is 3.74. The highest BCUT2D eigenvalue weighted by molar-refractivity contribution is 6.64. The lowest BCUT2D eigenvalue weighted by Crippen LogP contribution is -2.60. The van der Waals surface area contributed by atoms with Crippen LogP contribution in [-0.2, 0) is 19.2 Å². The monoisotopic (exact) mass is 353 g/mol. The molecule has 1 aliphatic rings. The van der Waals surface area contributed by atoms with Crippen molar-refractivity contribution in [3.63, 3.8) is 0 Å². The Kier molecular flexibility index (Phi) is 5.40. The summed E-state index contributed by atoms with van der Waals surface area (Å²) in [5.41, 5.74) is 0.304. The van der Waals surface area contributed by atoms with Gasteiger partial charge in [-0.25, -0.2) is 10.0 Å². The summed E-state index contributed by atoms with van der Waals surface area (Å²) in [6.45, 7) is 2.41. The standard InChI is InChI=1S/C15H16ClN3O5/c1-2-17-7-8-18(15(24)14(17)23)19(9-20)12(13(16)22)10-3-5-11(21)6-4-10/h3-6,9,12,21H,2,7-8H2,1H3. The summed E-state index contributed by atoms with van der Waals surface area (Å²) in [5, 5.41) is 10.2. The molecule has 9 heteroatoms. The summed E-state index contributed by atoms with van der Waals surface area (Å²) >= 11 is 5.62. The number of likely N-dealkylation sites (N-methyl/N-ethyl adjacent to an activating group) is 1. The summed E-state index contributed by atoms with van der Waals surface area (Å²) in [6.07, 6.45) is 0.282. The zero-order chi connectivity index (χ0) is 17.9. The highest BCUT2D eigenvalue weighted by Crippen LogP contribution is 2.26. The summed E-state index contributed by atoms with van der Waals surface area (Å²) in [4.78, 5) is 49.0. The minimum absolute atomic E-state index is 0.0278. The number of piperazine rings is 1. The molecule has 0 aliphatic carbocycles. The molecule has 24 heavy (non-hydrogen) atoms. The van der Waals surface area contributed by atoms with E-state index in [1.54, 1.807) is 6.92 Å². The first-order valence-corrected chi connectivity index (χ1v) is 7.61. The molecular formula is C15H16ClN3O5. The van der Waals surface area contributed by atoms with Gasteiger partial charge in [0.2, 0.25) is 6.41 Å². The lowest BCUT2D eigenvalue weighted by Gasteiger charge is -2.40. The molecule has 1 heterocycles. The quantitative estimate of drug-likeness (QED) is 0.449. The SMILES string of the molecule is CCN1CCN(N(C=O)C(C(=O)Cl)c2ccc(O)cc2)C(=O)C1=O. The van der Waals surface area contributed by atoms with Gasteiger partial charge in [0.1, 0.15) is 5.75 Å². The van der Waals surface area contributed by atoms with Gasteiger partial charge in [0.25, 0.3) is 5.24 Å². The number of aromatic hydroxyl groups is 1. The predicted octanol–water partition coefficient (Wildman–Crippen LogP) is 0.263. The maximum atomic E-state index is 12.2. The van der Waals surface area contributed by atoms with Crippen LogP contribution in [0.2, 0.25) is 0 Å². The molecule has 0 spiro atoms. The Bertz CT molecular complexity index is 664. The molecule has 128 valence electrons. The van der Waals surface area contributed by atoms with E-state index in [1.165, 1.54) is 29.2 Å². The van der Waals surface area contributed by atoms with Crippen LogP contribution in [0.25, 0.3) is 0 Å². The first-order chi connectivity index (χ1) is 11.4. The molecule has 0 saturated carbocycles. The Morgan fingerprint density at radius 3 is 2.42 bits per heavy atom. The lowest BCUT2D eigenvalue weighted by molar-refractivity contribution is -0.176. The third-order valence-corrected chi connectivity index (χ3v) is 3.95. The summed E-state index contributed by atoms with van der Waals surface area (Å²) < 4.78 is 0. The molecule has 1 N–H and O–H groups in total. The van der Waals surface area contributed by atoms with Gasteiger partial charge in [-0.2, -0.15) is 0 Å². The molecule has 1 aromatic rings. The summed E-state index contributed by atoms with van der Waals surface area (Å²) in [7, 11) is 0. The van der Waals surface area contributed by atoms with Crippen molar-refractivity contribution in [2.75, 3.05) is 19.6 Å². The molecule has 1 unspecified atom stereocenters. The molecule has 0 aromatic heterocycles. The molecule has 1 aromatic carbocycles. The van der Waals surface area contributed by atoms with Crippen LogP contribution in [0.1, 0.15) is 18.5 Å². The van der Waals surface area contributed by atoms with E-state index in [4.69, 9.17) is 11.6 Å². The van der Waals surface area contributed by atoms with Gasteiger partial charge in [-0.15, -0.1) is 0 Å². The van der Waals surface area contributed by atoms with Crippen LogP contribution in [0.15, 0.2) is 24.3 Å². The van der Waals surface area contributed by atoms with E-state index in [1.807, 2.05) is 0 Å². The van der Waals surface area contributed by atoms with Gasteiger partial charge < -0.3 is 10.0 Å². The van der Waals surface area contributed by atoms with Crippen molar-refractivity contribution in [1.29, 1.82) is 0 Å². The van der Waals surface area contributed by atoms with E-state index >= 15 is 0 Å². The van der Waals surface area contributed by atoms with Crippen molar-refractivity contribution >= 4 is 35.1 Å². The minimum atomic E-state index is -1.28. The summed E-state index contributed by atoms with van der Waals surface area (Å²) in [5.74, 6) is -1.68. The number of hydrazine groups is 1. The molecule has 1 aliphatic heterocycles. The number of benzene rings is 1. The fourth-order valence-electron chi connectivity index (χ4n) is 2.49. The number of carbonyl (C=O) groups is 4.